The zero-order valence-corrected chi connectivity index (χ0v) is 11.1. The van der Waals surface area contributed by atoms with Crippen LogP contribution in [0.2, 0.25) is 5.02 Å². The van der Waals surface area contributed by atoms with E-state index in [9.17, 15) is 4.79 Å². The standard InChI is InChI=1S/C13H19ClN2O/c1-3-5-10(8-15)16-13(17)11-6-4-7-12(14)9(11)2/h4,6-7,10H,3,5,8,15H2,1-2H3,(H,16,17). The topological polar surface area (TPSA) is 55.1 Å². The number of halogens is 1. The average Bonchev–Trinajstić information content (AvgIpc) is 2.31. The van der Waals surface area contributed by atoms with Crippen LogP contribution in [0.1, 0.15) is 35.7 Å². The Kier molecular flexibility index (Phi) is 5.45. The summed E-state index contributed by atoms with van der Waals surface area (Å²) in [6.45, 7) is 4.37. The zero-order chi connectivity index (χ0) is 12.8. The van der Waals surface area contributed by atoms with Crippen LogP contribution in [0.25, 0.3) is 0 Å². The highest BCUT2D eigenvalue weighted by Crippen LogP contribution is 2.18. The third-order valence-electron chi connectivity index (χ3n) is 2.77. The van der Waals surface area contributed by atoms with Crippen molar-refractivity contribution < 1.29 is 4.79 Å². The van der Waals surface area contributed by atoms with E-state index >= 15 is 0 Å². The van der Waals surface area contributed by atoms with Crippen molar-refractivity contribution in [2.45, 2.75) is 32.7 Å². The summed E-state index contributed by atoms with van der Waals surface area (Å²) in [5, 5.41) is 3.54. The maximum Gasteiger partial charge on any atom is 0.251 e. The molecule has 0 aliphatic rings. The molecule has 0 radical (unpaired) electrons. The number of carbonyl (C=O) groups excluding carboxylic acids is 1. The molecule has 0 spiro atoms. The molecule has 1 unspecified atom stereocenters. The smallest absolute Gasteiger partial charge is 0.251 e. The van der Waals surface area contributed by atoms with Crippen molar-refractivity contribution in [1.29, 1.82) is 0 Å². The molecule has 1 amide bonds. The Labute approximate surface area is 107 Å². The first kappa shape index (κ1) is 14.0. The first-order valence-corrected chi connectivity index (χ1v) is 6.24. The molecular weight excluding hydrogens is 236 g/mol. The molecule has 0 saturated heterocycles. The molecule has 0 aromatic heterocycles. The van der Waals surface area contributed by atoms with Gasteiger partial charge in [-0.1, -0.05) is 31.0 Å². The van der Waals surface area contributed by atoms with Crippen molar-refractivity contribution in [2.24, 2.45) is 5.73 Å². The van der Waals surface area contributed by atoms with Crippen molar-refractivity contribution >= 4 is 17.5 Å². The lowest BCUT2D eigenvalue weighted by Gasteiger charge is -2.17. The Morgan fingerprint density at radius 1 is 1.53 bits per heavy atom. The fraction of sp³-hybridized carbons (Fsp3) is 0.462. The molecule has 1 atom stereocenters. The fourth-order valence-corrected chi connectivity index (χ4v) is 1.89. The molecule has 0 saturated carbocycles. The van der Waals surface area contributed by atoms with Crippen molar-refractivity contribution in [1.82, 2.24) is 5.32 Å². The summed E-state index contributed by atoms with van der Waals surface area (Å²) in [5.74, 6) is -0.103. The number of nitrogens with one attached hydrogen (secondary N) is 1. The first-order chi connectivity index (χ1) is 8.10. The van der Waals surface area contributed by atoms with E-state index in [2.05, 4.69) is 12.2 Å². The molecular formula is C13H19ClN2O. The van der Waals surface area contributed by atoms with Gasteiger partial charge in [-0.15, -0.1) is 0 Å². The maximum atomic E-state index is 12.0. The Morgan fingerprint density at radius 3 is 2.82 bits per heavy atom. The minimum absolute atomic E-state index is 0.0332. The van der Waals surface area contributed by atoms with Gasteiger partial charge >= 0.3 is 0 Å². The van der Waals surface area contributed by atoms with Crippen LogP contribution in [-0.2, 0) is 0 Å². The van der Waals surface area contributed by atoms with Gasteiger partial charge in [0, 0.05) is 23.2 Å². The minimum atomic E-state index is -0.103. The van der Waals surface area contributed by atoms with Crippen molar-refractivity contribution in [3.8, 4) is 0 Å². The molecule has 3 N–H and O–H groups in total. The number of hydrogen-bond donors (Lipinski definition) is 2. The van der Waals surface area contributed by atoms with Gasteiger partial charge in [0.25, 0.3) is 5.91 Å². The predicted molar refractivity (Wildman–Crippen MR) is 71.4 cm³/mol. The second-order valence-electron chi connectivity index (χ2n) is 4.11. The lowest BCUT2D eigenvalue weighted by Crippen LogP contribution is -2.40. The van der Waals surface area contributed by atoms with Crippen LogP contribution in [0.4, 0.5) is 0 Å². The van der Waals surface area contributed by atoms with E-state index in [1.807, 2.05) is 6.92 Å². The molecule has 0 aliphatic carbocycles. The number of hydrogen-bond acceptors (Lipinski definition) is 2. The quantitative estimate of drug-likeness (QED) is 0.848. The highest BCUT2D eigenvalue weighted by atomic mass is 35.5. The second-order valence-corrected chi connectivity index (χ2v) is 4.51. The number of benzene rings is 1. The van der Waals surface area contributed by atoms with Crippen LogP contribution < -0.4 is 11.1 Å². The van der Waals surface area contributed by atoms with Gasteiger partial charge in [-0.3, -0.25) is 4.79 Å². The second kappa shape index (κ2) is 6.62. The number of amides is 1. The van der Waals surface area contributed by atoms with Gasteiger partial charge in [0.05, 0.1) is 0 Å². The average molecular weight is 255 g/mol. The van der Waals surface area contributed by atoms with Crippen molar-refractivity contribution in [3.05, 3.63) is 34.3 Å². The SMILES string of the molecule is CCCC(CN)NC(=O)c1cccc(Cl)c1C. The summed E-state index contributed by atoms with van der Waals surface area (Å²) in [7, 11) is 0. The summed E-state index contributed by atoms with van der Waals surface area (Å²) in [6, 6.07) is 5.36. The Morgan fingerprint density at radius 2 is 2.24 bits per heavy atom. The van der Waals surface area contributed by atoms with E-state index in [1.54, 1.807) is 18.2 Å². The predicted octanol–water partition coefficient (Wildman–Crippen LogP) is 2.51. The van der Waals surface area contributed by atoms with Crippen LogP contribution in [0.3, 0.4) is 0 Å². The van der Waals surface area contributed by atoms with Gasteiger partial charge in [0.15, 0.2) is 0 Å². The van der Waals surface area contributed by atoms with Crippen LogP contribution in [-0.4, -0.2) is 18.5 Å². The van der Waals surface area contributed by atoms with Gasteiger partial charge in [0.1, 0.15) is 0 Å². The van der Waals surface area contributed by atoms with Gasteiger partial charge < -0.3 is 11.1 Å². The summed E-state index contributed by atoms with van der Waals surface area (Å²) < 4.78 is 0. The summed E-state index contributed by atoms with van der Waals surface area (Å²) in [6.07, 6.45) is 1.89. The highest BCUT2D eigenvalue weighted by Gasteiger charge is 2.14. The maximum absolute atomic E-state index is 12.0. The Balaban J connectivity index is 2.79. The van der Waals surface area contributed by atoms with Crippen molar-refractivity contribution in [3.63, 3.8) is 0 Å². The first-order valence-electron chi connectivity index (χ1n) is 5.86. The van der Waals surface area contributed by atoms with E-state index in [-0.39, 0.29) is 11.9 Å². The Bertz CT molecular complexity index is 393. The molecule has 94 valence electrons. The van der Waals surface area contributed by atoms with E-state index in [0.717, 1.165) is 18.4 Å². The van der Waals surface area contributed by atoms with Crippen molar-refractivity contribution in [2.75, 3.05) is 6.54 Å². The van der Waals surface area contributed by atoms with Gasteiger partial charge in [0.2, 0.25) is 0 Å². The van der Waals surface area contributed by atoms with E-state index < -0.39 is 0 Å². The summed E-state index contributed by atoms with van der Waals surface area (Å²) >= 11 is 5.98. The van der Waals surface area contributed by atoms with Crippen LogP contribution in [0, 0.1) is 6.92 Å². The summed E-state index contributed by atoms with van der Waals surface area (Å²) in [4.78, 5) is 12.0. The van der Waals surface area contributed by atoms with Crippen LogP contribution in [0.15, 0.2) is 18.2 Å². The minimum Gasteiger partial charge on any atom is -0.348 e. The summed E-state index contributed by atoms with van der Waals surface area (Å²) in [5.41, 5.74) is 7.03. The van der Waals surface area contributed by atoms with Gasteiger partial charge in [-0.25, -0.2) is 0 Å². The molecule has 0 bridgehead atoms. The molecule has 1 rings (SSSR count). The lowest BCUT2D eigenvalue weighted by molar-refractivity contribution is 0.0935. The van der Waals surface area contributed by atoms with Gasteiger partial charge in [-0.05, 0) is 31.0 Å². The monoisotopic (exact) mass is 254 g/mol. The molecule has 3 nitrogen and oxygen atoms in total. The van der Waals surface area contributed by atoms with E-state index in [1.165, 1.54) is 0 Å². The van der Waals surface area contributed by atoms with Gasteiger partial charge in [-0.2, -0.15) is 0 Å². The fourth-order valence-electron chi connectivity index (χ4n) is 1.71. The normalized spacial score (nSPS) is 12.2. The molecule has 4 heteroatoms. The number of rotatable bonds is 5. The Hall–Kier alpha value is -1.06. The van der Waals surface area contributed by atoms with Crippen LogP contribution >= 0.6 is 11.6 Å². The molecule has 17 heavy (non-hydrogen) atoms. The van der Waals surface area contributed by atoms with E-state index in [0.29, 0.717) is 17.1 Å². The third-order valence-corrected chi connectivity index (χ3v) is 3.18. The highest BCUT2D eigenvalue weighted by molar-refractivity contribution is 6.31. The molecule has 0 fully saturated rings. The molecule has 0 heterocycles. The zero-order valence-electron chi connectivity index (χ0n) is 10.3. The lowest BCUT2D eigenvalue weighted by atomic mass is 10.1. The van der Waals surface area contributed by atoms with E-state index in [4.69, 9.17) is 17.3 Å². The van der Waals surface area contributed by atoms with Crippen LogP contribution in [0.5, 0.6) is 0 Å². The number of carbonyl (C=O) groups is 1. The third kappa shape index (κ3) is 3.72. The molecule has 0 aliphatic heterocycles. The molecule has 1 aromatic carbocycles. The molecule has 1 aromatic rings. The number of nitrogens with two attached hydrogens (primary N) is 1. The largest absolute Gasteiger partial charge is 0.348 e.